The number of nitrogens with zero attached hydrogens (tertiary/aromatic N) is 1. The zero-order valence-electron chi connectivity index (χ0n) is 9.97. The second-order valence-corrected chi connectivity index (χ2v) is 6.38. The molecule has 1 aliphatic heterocycles. The molecule has 1 heterocycles. The van der Waals surface area contributed by atoms with E-state index in [1.54, 1.807) is 0 Å². The summed E-state index contributed by atoms with van der Waals surface area (Å²) in [5, 5.41) is 4.34. The first kappa shape index (κ1) is 12.3. The van der Waals surface area contributed by atoms with E-state index in [0.29, 0.717) is 0 Å². The molecule has 14 heavy (non-hydrogen) atoms. The van der Waals surface area contributed by atoms with Crippen molar-refractivity contribution in [2.45, 2.75) is 38.5 Å². The van der Waals surface area contributed by atoms with Crippen LogP contribution in [0.1, 0.15) is 27.7 Å². The zero-order chi connectivity index (χ0) is 10.6. The summed E-state index contributed by atoms with van der Waals surface area (Å²) in [4.78, 5) is 2.59. The summed E-state index contributed by atoms with van der Waals surface area (Å²) < 4.78 is 0. The van der Waals surface area contributed by atoms with Crippen LogP contribution in [-0.2, 0) is 0 Å². The fraction of sp³-hybridized carbons (Fsp3) is 1.00. The highest BCUT2D eigenvalue weighted by Crippen LogP contribution is 2.19. The fourth-order valence-electron chi connectivity index (χ4n) is 2.13. The molecule has 1 fully saturated rings. The molecular formula is C11H24N2S. The van der Waals surface area contributed by atoms with E-state index in [4.69, 9.17) is 0 Å². The van der Waals surface area contributed by atoms with Crippen LogP contribution in [0.5, 0.6) is 0 Å². The van der Waals surface area contributed by atoms with Crippen molar-refractivity contribution in [1.29, 1.82) is 0 Å². The minimum Gasteiger partial charge on any atom is -0.311 e. The average molecular weight is 216 g/mol. The largest absolute Gasteiger partial charge is 0.311 e. The van der Waals surface area contributed by atoms with Gasteiger partial charge >= 0.3 is 0 Å². The van der Waals surface area contributed by atoms with Crippen LogP contribution in [0.4, 0.5) is 0 Å². The molecule has 1 unspecified atom stereocenters. The molecule has 0 bridgehead atoms. The SMILES string of the molecule is CCNC(C)(C)CN1CCSC(C)C1. The van der Waals surface area contributed by atoms with Crippen molar-refractivity contribution in [1.82, 2.24) is 10.2 Å². The molecule has 2 nitrogen and oxygen atoms in total. The first-order valence-corrected chi connectivity index (χ1v) is 6.67. The number of likely N-dealkylation sites (N-methyl/N-ethyl adjacent to an activating group) is 1. The van der Waals surface area contributed by atoms with Crippen LogP contribution in [0, 0.1) is 0 Å². The van der Waals surface area contributed by atoms with Crippen LogP contribution < -0.4 is 5.32 Å². The Balaban J connectivity index is 2.34. The Labute approximate surface area is 92.8 Å². The minimum atomic E-state index is 0.260. The van der Waals surface area contributed by atoms with E-state index in [0.717, 1.165) is 11.8 Å². The van der Waals surface area contributed by atoms with Crippen molar-refractivity contribution in [3.05, 3.63) is 0 Å². The van der Waals surface area contributed by atoms with Crippen molar-refractivity contribution in [3.63, 3.8) is 0 Å². The molecule has 0 aliphatic carbocycles. The van der Waals surface area contributed by atoms with Gasteiger partial charge < -0.3 is 5.32 Å². The monoisotopic (exact) mass is 216 g/mol. The molecule has 1 aliphatic rings. The van der Waals surface area contributed by atoms with Crippen molar-refractivity contribution in [2.24, 2.45) is 0 Å². The number of nitrogens with one attached hydrogen (secondary N) is 1. The molecule has 1 saturated heterocycles. The standard InChI is InChI=1S/C11H24N2S/c1-5-12-11(3,4)9-13-6-7-14-10(2)8-13/h10,12H,5-9H2,1-4H3. The second-order valence-electron chi connectivity index (χ2n) is 4.83. The number of hydrogen-bond donors (Lipinski definition) is 1. The summed E-state index contributed by atoms with van der Waals surface area (Å²) in [5.74, 6) is 1.30. The van der Waals surface area contributed by atoms with Crippen LogP contribution in [0.25, 0.3) is 0 Å². The Morgan fingerprint density at radius 2 is 2.21 bits per heavy atom. The molecule has 0 aromatic carbocycles. The van der Waals surface area contributed by atoms with E-state index < -0.39 is 0 Å². The van der Waals surface area contributed by atoms with Gasteiger partial charge in [0.25, 0.3) is 0 Å². The van der Waals surface area contributed by atoms with Crippen molar-refractivity contribution in [2.75, 3.05) is 31.9 Å². The highest BCUT2D eigenvalue weighted by Gasteiger charge is 2.23. The lowest BCUT2D eigenvalue weighted by molar-refractivity contribution is 0.209. The van der Waals surface area contributed by atoms with E-state index in [9.17, 15) is 0 Å². The van der Waals surface area contributed by atoms with Gasteiger partial charge in [-0.1, -0.05) is 13.8 Å². The van der Waals surface area contributed by atoms with E-state index in [1.807, 2.05) is 0 Å². The molecule has 0 aromatic heterocycles. The number of hydrogen-bond acceptors (Lipinski definition) is 3. The Bertz CT molecular complexity index is 171. The smallest absolute Gasteiger partial charge is 0.0252 e. The van der Waals surface area contributed by atoms with E-state index in [2.05, 4.69) is 49.7 Å². The minimum absolute atomic E-state index is 0.260. The van der Waals surface area contributed by atoms with Crippen molar-refractivity contribution in [3.8, 4) is 0 Å². The summed E-state index contributed by atoms with van der Waals surface area (Å²) in [6.07, 6.45) is 0. The van der Waals surface area contributed by atoms with E-state index in [1.165, 1.54) is 25.4 Å². The maximum Gasteiger partial charge on any atom is 0.0252 e. The van der Waals surface area contributed by atoms with Gasteiger partial charge in [0.2, 0.25) is 0 Å². The Morgan fingerprint density at radius 3 is 2.79 bits per heavy atom. The zero-order valence-corrected chi connectivity index (χ0v) is 10.8. The highest BCUT2D eigenvalue weighted by molar-refractivity contribution is 7.99. The third-order valence-corrected chi connectivity index (χ3v) is 3.74. The Kier molecular flexibility index (Phi) is 4.74. The molecule has 0 aromatic rings. The van der Waals surface area contributed by atoms with Gasteiger partial charge in [-0.05, 0) is 20.4 Å². The molecule has 84 valence electrons. The van der Waals surface area contributed by atoms with Gasteiger partial charge in [-0.15, -0.1) is 0 Å². The molecule has 1 rings (SSSR count). The van der Waals surface area contributed by atoms with E-state index >= 15 is 0 Å². The van der Waals surface area contributed by atoms with Gasteiger partial charge in [0.05, 0.1) is 0 Å². The first-order valence-electron chi connectivity index (χ1n) is 5.62. The third-order valence-electron chi connectivity index (χ3n) is 2.60. The predicted octanol–water partition coefficient (Wildman–Crippen LogP) is 1.81. The molecule has 3 heteroatoms. The van der Waals surface area contributed by atoms with Gasteiger partial charge in [-0.3, -0.25) is 4.90 Å². The lowest BCUT2D eigenvalue weighted by Gasteiger charge is -2.37. The normalized spacial score (nSPS) is 25.3. The predicted molar refractivity (Wildman–Crippen MR) is 66.1 cm³/mol. The van der Waals surface area contributed by atoms with Crippen LogP contribution in [0.15, 0.2) is 0 Å². The van der Waals surface area contributed by atoms with Gasteiger partial charge in [-0.2, -0.15) is 11.8 Å². The molecular weight excluding hydrogens is 192 g/mol. The van der Waals surface area contributed by atoms with Crippen LogP contribution in [0.3, 0.4) is 0 Å². The lowest BCUT2D eigenvalue weighted by atomic mass is 10.0. The first-order chi connectivity index (χ1) is 6.53. The molecule has 0 saturated carbocycles. The maximum absolute atomic E-state index is 3.54. The number of thioether (sulfide) groups is 1. The lowest BCUT2D eigenvalue weighted by Crippen LogP contribution is -2.51. The van der Waals surface area contributed by atoms with Crippen LogP contribution >= 0.6 is 11.8 Å². The second kappa shape index (κ2) is 5.38. The molecule has 1 atom stereocenters. The van der Waals surface area contributed by atoms with Gasteiger partial charge in [0, 0.05) is 36.2 Å². The summed E-state index contributed by atoms with van der Waals surface area (Å²) in [6, 6.07) is 0. The van der Waals surface area contributed by atoms with Gasteiger partial charge in [-0.25, -0.2) is 0 Å². The fourth-order valence-corrected chi connectivity index (χ4v) is 3.21. The summed E-state index contributed by atoms with van der Waals surface area (Å²) >= 11 is 2.10. The molecule has 1 N–H and O–H groups in total. The Morgan fingerprint density at radius 1 is 1.50 bits per heavy atom. The van der Waals surface area contributed by atoms with Crippen LogP contribution in [-0.4, -0.2) is 47.6 Å². The molecule has 0 spiro atoms. The Hall–Kier alpha value is 0.270. The quantitative estimate of drug-likeness (QED) is 0.771. The maximum atomic E-state index is 3.54. The van der Waals surface area contributed by atoms with Crippen molar-refractivity contribution >= 4 is 11.8 Å². The molecule has 0 radical (unpaired) electrons. The van der Waals surface area contributed by atoms with E-state index in [-0.39, 0.29) is 5.54 Å². The topological polar surface area (TPSA) is 15.3 Å². The van der Waals surface area contributed by atoms with Crippen molar-refractivity contribution < 1.29 is 0 Å². The third kappa shape index (κ3) is 4.20. The number of rotatable bonds is 4. The highest BCUT2D eigenvalue weighted by atomic mass is 32.2. The van der Waals surface area contributed by atoms with Gasteiger partial charge in [0.1, 0.15) is 0 Å². The average Bonchev–Trinajstić information content (AvgIpc) is 2.02. The van der Waals surface area contributed by atoms with Crippen LogP contribution in [0.2, 0.25) is 0 Å². The summed E-state index contributed by atoms with van der Waals surface area (Å²) in [5.41, 5.74) is 0.260. The summed E-state index contributed by atoms with van der Waals surface area (Å²) in [6.45, 7) is 13.8. The summed E-state index contributed by atoms with van der Waals surface area (Å²) in [7, 11) is 0. The van der Waals surface area contributed by atoms with Gasteiger partial charge in [0.15, 0.2) is 0 Å². The molecule has 0 amide bonds.